The van der Waals surface area contributed by atoms with Crippen molar-refractivity contribution in [3.63, 3.8) is 0 Å². The first-order valence-electron chi connectivity index (χ1n) is 11.3. The number of nitrogens with zero attached hydrogens (tertiary/aromatic N) is 3. The number of benzene rings is 3. The summed E-state index contributed by atoms with van der Waals surface area (Å²) in [7, 11) is 0. The molecule has 0 fully saturated rings. The molecular formula is C28H31N5OS. The first-order valence-corrected chi connectivity index (χ1v) is 12.1. The van der Waals surface area contributed by atoms with E-state index in [4.69, 9.17) is 4.74 Å². The van der Waals surface area contributed by atoms with Crippen molar-refractivity contribution in [3.05, 3.63) is 114 Å². The van der Waals surface area contributed by atoms with Gasteiger partial charge in [0.15, 0.2) is 5.16 Å². The molecule has 0 atom stereocenters. The van der Waals surface area contributed by atoms with Crippen LogP contribution in [0.2, 0.25) is 0 Å². The Labute approximate surface area is 211 Å². The average Bonchev–Trinajstić information content (AvgIpc) is 3.54. The number of hydrogen-bond acceptors (Lipinski definition) is 5. The largest absolute Gasteiger partial charge is 0.457 e. The molecule has 0 amide bonds. The molecule has 0 aliphatic rings. The van der Waals surface area contributed by atoms with Crippen LogP contribution in [0.15, 0.2) is 95.5 Å². The molecule has 5 aromatic rings. The number of imidazole rings is 1. The van der Waals surface area contributed by atoms with Gasteiger partial charge in [-0.25, -0.2) is 9.97 Å². The summed E-state index contributed by atoms with van der Waals surface area (Å²) in [6.45, 7) is 10.2. The summed E-state index contributed by atoms with van der Waals surface area (Å²) in [4.78, 5) is 12.2. The first kappa shape index (κ1) is 25.8. The van der Waals surface area contributed by atoms with Crippen LogP contribution in [0.5, 0.6) is 11.5 Å². The lowest BCUT2D eigenvalue weighted by atomic mass is 10.1. The molecule has 35 heavy (non-hydrogen) atoms. The highest BCUT2D eigenvalue weighted by Crippen LogP contribution is 2.24. The second kappa shape index (κ2) is 13.2. The third kappa shape index (κ3) is 9.14. The maximum atomic E-state index is 5.77. The van der Waals surface area contributed by atoms with Gasteiger partial charge < -0.3 is 9.72 Å². The van der Waals surface area contributed by atoms with E-state index in [0.29, 0.717) is 0 Å². The topological polar surface area (TPSA) is 79.5 Å². The van der Waals surface area contributed by atoms with Crippen LogP contribution < -0.4 is 4.74 Å². The quantitative estimate of drug-likeness (QED) is 0.277. The van der Waals surface area contributed by atoms with E-state index < -0.39 is 0 Å². The van der Waals surface area contributed by atoms with E-state index in [2.05, 4.69) is 101 Å². The summed E-state index contributed by atoms with van der Waals surface area (Å²) in [5, 5.41) is 7.16. The normalized spacial score (nSPS) is 9.97. The summed E-state index contributed by atoms with van der Waals surface area (Å²) in [5.74, 6) is 2.64. The van der Waals surface area contributed by atoms with Crippen molar-refractivity contribution in [3.8, 4) is 11.5 Å². The lowest BCUT2D eigenvalue weighted by Gasteiger charge is -2.08. The summed E-state index contributed by atoms with van der Waals surface area (Å²) in [6.07, 6.45) is 5.07. The number of aryl methyl sites for hydroxylation is 5. The molecule has 5 rings (SSSR count). The molecule has 0 aliphatic heterocycles. The molecule has 180 valence electrons. The van der Waals surface area contributed by atoms with E-state index in [0.717, 1.165) is 22.5 Å². The SMILES string of the molecule is Cc1ccc(Oc2ccc(C)c(C)c2)cc1.Cc1ccc(Sc2ncc[nH]2)cc1.Cc1ncn[nH]1. The molecule has 0 unspecified atom stereocenters. The molecule has 0 bridgehead atoms. The minimum atomic E-state index is 0.856. The zero-order valence-corrected chi connectivity index (χ0v) is 21.6. The van der Waals surface area contributed by atoms with Crippen LogP contribution in [0, 0.1) is 34.6 Å². The zero-order chi connectivity index (χ0) is 25.0. The van der Waals surface area contributed by atoms with Crippen molar-refractivity contribution in [2.75, 3.05) is 0 Å². The number of ether oxygens (including phenoxy) is 1. The first-order chi connectivity index (χ1) is 16.9. The molecule has 3 aromatic carbocycles. The molecule has 6 nitrogen and oxygen atoms in total. The Morgan fingerprint density at radius 3 is 1.89 bits per heavy atom. The Morgan fingerprint density at radius 2 is 1.37 bits per heavy atom. The van der Waals surface area contributed by atoms with Crippen LogP contribution in [0.4, 0.5) is 0 Å². The fourth-order valence-electron chi connectivity index (χ4n) is 2.81. The van der Waals surface area contributed by atoms with Gasteiger partial charge in [0.05, 0.1) is 0 Å². The Balaban J connectivity index is 0.000000161. The minimum Gasteiger partial charge on any atom is -0.457 e. The summed E-state index contributed by atoms with van der Waals surface area (Å²) >= 11 is 1.64. The number of aromatic amines is 2. The smallest absolute Gasteiger partial charge is 0.170 e. The summed E-state index contributed by atoms with van der Waals surface area (Å²) in [6, 6.07) is 22.6. The van der Waals surface area contributed by atoms with Gasteiger partial charge in [0, 0.05) is 17.3 Å². The number of rotatable bonds is 4. The third-order valence-corrected chi connectivity index (χ3v) is 5.90. The molecule has 0 radical (unpaired) electrons. The van der Waals surface area contributed by atoms with Crippen LogP contribution in [-0.2, 0) is 0 Å². The highest BCUT2D eigenvalue weighted by molar-refractivity contribution is 7.99. The van der Waals surface area contributed by atoms with Gasteiger partial charge in [0.2, 0.25) is 0 Å². The van der Waals surface area contributed by atoms with E-state index in [1.165, 1.54) is 33.5 Å². The molecule has 2 N–H and O–H groups in total. The Morgan fingerprint density at radius 1 is 0.714 bits per heavy atom. The van der Waals surface area contributed by atoms with Gasteiger partial charge in [0.25, 0.3) is 0 Å². The van der Waals surface area contributed by atoms with E-state index in [1.54, 1.807) is 18.0 Å². The predicted molar refractivity (Wildman–Crippen MR) is 142 cm³/mol. The van der Waals surface area contributed by atoms with Crippen molar-refractivity contribution in [1.29, 1.82) is 0 Å². The maximum absolute atomic E-state index is 5.77. The molecule has 2 heterocycles. The maximum Gasteiger partial charge on any atom is 0.170 e. The number of hydrogen-bond donors (Lipinski definition) is 2. The molecule has 7 heteroatoms. The highest BCUT2D eigenvalue weighted by atomic mass is 32.2. The molecular weight excluding hydrogens is 454 g/mol. The van der Waals surface area contributed by atoms with Crippen molar-refractivity contribution in [2.24, 2.45) is 0 Å². The van der Waals surface area contributed by atoms with Gasteiger partial charge >= 0.3 is 0 Å². The zero-order valence-electron chi connectivity index (χ0n) is 20.7. The second-order valence-corrected chi connectivity index (χ2v) is 9.10. The fourth-order valence-corrected chi connectivity index (χ4v) is 3.55. The van der Waals surface area contributed by atoms with Crippen LogP contribution in [0.25, 0.3) is 0 Å². The van der Waals surface area contributed by atoms with Gasteiger partial charge in [-0.3, -0.25) is 5.10 Å². The van der Waals surface area contributed by atoms with Gasteiger partial charge in [-0.1, -0.05) is 53.2 Å². The lowest BCUT2D eigenvalue weighted by Crippen LogP contribution is -1.86. The van der Waals surface area contributed by atoms with E-state index in [-0.39, 0.29) is 0 Å². The van der Waals surface area contributed by atoms with Crippen molar-refractivity contribution in [2.45, 2.75) is 44.7 Å². The Hall–Kier alpha value is -3.84. The third-order valence-electron chi connectivity index (χ3n) is 4.98. The van der Waals surface area contributed by atoms with Crippen molar-refractivity contribution < 1.29 is 4.74 Å². The number of aromatic nitrogens is 5. The molecule has 0 aliphatic carbocycles. The van der Waals surface area contributed by atoms with Crippen LogP contribution in [0.3, 0.4) is 0 Å². The van der Waals surface area contributed by atoms with E-state index in [9.17, 15) is 0 Å². The van der Waals surface area contributed by atoms with Gasteiger partial charge in [0.1, 0.15) is 23.7 Å². The molecule has 0 saturated carbocycles. The summed E-state index contributed by atoms with van der Waals surface area (Å²) in [5.41, 5.74) is 5.07. The van der Waals surface area contributed by atoms with E-state index >= 15 is 0 Å². The van der Waals surface area contributed by atoms with Crippen LogP contribution in [-0.4, -0.2) is 25.1 Å². The second-order valence-electron chi connectivity index (χ2n) is 8.04. The van der Waals surface area contributed by atoms with Crippen molar-refractivity contribution in [1.82, 2.24) is 25.1 Å². The standard InChI is InChI=1S/C15H16O.C10H10N2S.C3H5N3/c1-11-4-7-14(8-5-11)16-15-9-6-12(2)13(3)10-15;1-8-2-4-9(5-3-8)13-10-11-6-7-12-10;1-3-4-2-5-6-3/h4-10H,1-3H3;2-7H,1H3,(H,11,12);2H,1H3,(H,4,5,6). The number of nitrogens with one attached hydrogen (secondary N) is 2. The van der Waals surface area contributed by atoms with Gasteiger partial charge in [-0.15, -0.1) is 0 Å². The molecule has 0 saturated heterocycles. The van der Waals surface area contributed by atoms with Crippen molar-refractivity contribution >= 4 is 11.8 Å². The van der Waals surface area contributed by atoms with Crippen LogP contribution >= 0.6 is 11.8 Å². The summed E-state index contributed by atoms with van der Waals surface area (Å²) < 4.78 is 5.77. The minimum absolute atomic E-state index is 0.856. The van der Waals surface area contributed by atoms with Gasteiger partial charge in [-0.2, -0.15) is 5.10 Å². The molecule has 0 spiro atoms. The highest BCUT2D eigenvalue weighted by Gasteiger charge is 1.99. The molecule has 2 aromatic heterocycles. The Bertz CT molecular complexity index is 1270. The van der Waals surface area contributed by atoms with Gasteiger partial charge in [-0.05, 0) is 82.1 Å². The van der Waals surface area contributed by atoms with Crippen LogP contribution in [0.1, 0.15) is 28.1 Å². The fraction of sp³-hybridized carbons (Fsp3) is 0.179. The Kier molecular flexibility index (Phi) is 9.69. The van der Waals surface area contributed by atoms with E-state index in [1.807, 2.05) is 31.3 Å². The predicted octanol–water partition coefficient (Wildman–Crippen LogP) is 7.39. The number of H-pyrrole nitrogens is 2. The average molecular weight is 486 g/mol. The monoisotopic (exact) mass is 485 g/mol. The lowest BCUT2D eigenvalue weighted by molar-refractivity contribution is 0.482.